The zero-order chi connectivity index (χ0) is 21.5. The highest BCUT2D eigenvalue weighted by Crippen LogP contribution is 2.43. The van der Waals surface area contributed by atoms with Gasteiger partial charge in [-0.25, -0.2) is 4.79 Å². The summed E-state index contributed by atoms with van der Waals surface area (Å²) in [6.07, 6.45) is 3.02. The van der Waals surface area contributed by atoms with Crippen molar-refractivity contribution in [1.82, 2.24) is 15.5 Å². The molecule has 1 spiro atoms. The first-order valence-electron chi connectivity index (χ1n) is 10.5. The summed E-state index contributed by atoms with van der Waals surface area (Å²) in [7, 11) is 0. The Morgan fingerprint density at radius 3 is 2.60 bits per heavy atom. The Hall–Kier alpha value is -2.77. The highest BCUT2D eigenvalue weighted by atomic mass is 16.7. The van der Waals surface area contributed by atoms with E-state index in [1.54, 1.807) is 12.1 Å². The third-order valence-electron chi connectivity index (χ3n) is 6.54. The van der Waals surface area contributed by atoms with Gasteiger partial charge in [-0.05, 0) is 54.7 Å². The van der Waals surface area contributed by atoms with E-state index in [0.29, 0.717) is 30.3 Å². The third-order valence-corrected chi connectivity index (χ3v) is 6.54. The predicted octanol–water partition coefficient (Wildman–Crippen LogP) is 2.56. The molecule has 2 fully saturated rings. The van der Waals surface area contributed by atoms with Crippen molar-refractivity contribution in [3.05, 3.63) is 23.8 Å². The summed E-state index contributed by atoms with van der Waals surface area (Å²) in [6.45, 7) is 6.82. The molecule has 1 aromatic carbocycles. The molecule has 0 radical (unpaired) electrons. The minimum atomic E-state index is -0.851. The first-order chi connectivity index (χ1) is 14.2. The molecule has 30 heavy (non-hydrogen) atoms. The molecule has 1 aromatic rings. The average molecular weight is 415 g/mol. The van der Waals surface area contributed by atoms with Crippen molar-refractivity contribution in [1.29, 1.82) is 0 Å². The van der Waals surface area contributed by atoms with E-state index in [4.69, 9.17) is 9.47 Å². The molecule has 8 nitrogen and oxygen atoms in total. The zero-order valence-electron chi connectivity index (χ0n) is 17.7. The summed E-state index contributed by atoms with van der Waals surface area (Å²) in [4.78, 5) is 38.9. The molecule has 0 atom stereocenters. The topological polar surface area (TPSA) is 97.0 Å². The van der Waals surface area contributed by atoms with Gasteiger partial charge in [0.15, 0.2) is 11.5 Å². The van der Waals surface area contributed by atoms with Crippen LogP contribution in [0.5, 0.6) is 11.5 Å². The smallest absolute Gasteiger partial charge is 0.325 e. The number of amides is 4. The van der Waals surface area contributed by atoms with Crippen molar-refractivity contribution >= 4 is 17.8 Å². The number of fused-ring (bicyclic) bond motifs is 1. The number of urea groups is 1. The summed E-state index contributed by atoms with van der Waals surface area (Å²) >= 11 is 0. The lowest BCUT2D eigenvalue weighted by atomic mass is 9.67. The second kappa shape index (κ2) is 7.49. The van der Waals surface area contributed by atoms with Gasteiger partial charge >= 0.3 is 6.03 Å². The van der Waals surface area contributed by atoms with Crippen LogP contribution in [0.25, 0.3) is 0 Å². The number of benzene rings is 1. The lowest BCUT2D eigenvalue weighted by Crippen LogP contribution is -2.51. The van der Waals surface area contributed by atoms with Crippen LogP contribution in [0.2, 0.25) is 0 Å². The van der Waals surface area contributed by atoms with Crippen molar-refractivity contribution < 1.29 is 23.9 Å². The minimum absolute atomic E-state index is 0.182. The number of rotatable bonds is 4. The highest BCUT2D eigenvalue weighted by molar-refractivity contribution is 6.09. The normalized spacial score (nSPS) is 25.6. The molecular formula is C22H29N3O5. The van der Waals surface area contributed by atoms with Gasteiger partial charge in [-0.1, -0.05) is 26.8 Å². The van der Waals surface area contributed by atoms with Crippen molar-refractivity contribution in [2.24, 2.45) is 11.3 Å². The Kier molecular flexibility index (Phi) is 5.11. The Bertz CT molecular complexity index is 868. The Morgan fingerprint density at radius 1 is 1.20 bits per heavy atom. The molecule has 1 aliphatic carbocycles. The molecule has 0 aromatic heterocycles. The van der Waals surface area contributed by atoms with E-state index in [1.807, 2.05) is 6.07 Å². The molecule has 4 rings (SSSR count). The van der Waals surface area contributed by atoms with Crippen molar-refractivity contribution in [3.8, 4) is 11.5 Å². The van der Waals surface area contributed by atoms with Gasteiger partial charge in [-0.2, -0.15) is 0 Å². The van der Waals surface area contributed by atoms with Gasteiger partial charge in [0.1, 0.15) is 12.1 Å². The Morgan fingerprint density at radius 2 is 1.90 bits per heavy atom. The first-order valence-corrected chi connectivity index (χ1v) is 10.5. The van der Waals surface area contributed by atoms with E-state index in [-0.39, 0.29) is 37.1 Å². The molecule has 0 unspecified atom stereocenters. The molecule has 3 aliphatic rings. The number of ether oxygens (including phenoxy) is 2. The Balaban J connectivity index is 1.33. The predicted molar refractivity (Wildman–Crippen MR) is 109 cm³/mol. The summed E-state index contributed by atoms with van der Waals surface area (Å²) in [5, 5.41) is 5.64. The highest BCUT2D eigenvalue weighted by Gasteiger charge is 2.53. The largest absolute Gasteiger partial charge is 0.454 e. The number of imide groups is 1. The SMILES string of the molecule is CC(C)(C)C1CCC2(CC1)NC(=O)N(CC(=O)NCc1ccc3c(c1)OCO3)C2=O. The second-order valence-electron chi connectivity index (χ2n) is 9.51. The summed E-state index contributed by atoms with van der Waals surface area (Å²) < 4.78 is 10.6. The molecule has 0 bridgehead atoms. The van der Waals surface area contributed by atoms with Crippen LogP contribution in [0.1, 0.15) is 52.0 Å². The number of hydrogen-bond acceptors (Lipinski definition) is 5. The molecule has 2 heterocycles. The first kappa shape index (κ1) is 20.5. The van der Waals surface area contributed by atoms with E-state index in [0.717, 1.165) is 23.3 Å². The van der Waals surface area contributed by atoms with Crippen LogP contribution in [0, 0.1) is 11.3 Å². The van der Waals surface area contributed by atoms with Crippen LogP contribution < -0.4 is 20.1 Å². The van der Waals surface area contributed by atoms with Crippen LogP contribution in [0.3, 0.4) is 0 Å². The zero-order valence-corrected chi connectivity index (χ0v) is 17.7. The van der Waals surface area contributed by atoms with Crippen LogP contribution in [0.4, 0.5) is 4.79 Å². The third kappa shape index (κ3) is 3.82. The van der Waals surface area contributed by atoms with E-state index in [9.17, 15) is 14.4 Å². The maximum atomic E-state index is 13.0. The maximum absolute atomic E-state index is 13.0. The second-order valence-corrected chi connectivity index (χ2v) is 9.51. The molecule has 162 valence electrons. The fourth-order valence-electron chi connectivity index (χ4n) is 4.59. The van der Waals surface area contributed by atoms with Crippen molar-refractivity contribution in [3.63, 3.8) is 0 Å². The van der Waals surface area contributed by atoms with Gasteiger partial charge in [-0.3, -0.25) is 14.5 Å². The van der Waals surface area contributed by atoms with Gasteiger partial charge in [-0.15, -0.1) is 0 Å². The average Bonchev–Trinajstić information content (AvgIpc) is 3.24. The summed E-state index contributed by atoms with van der Waals surface area (Å²) in [5.41, 5.74) is 0.180. The minimum Gasteiger partial charge on any atom is -0.454 e. The van der Waals surface area contributed by atoms with Crippen molar-refractivity contribution in [2.75, 3.05) is 13.3 Å². The van der Waals surface area contributed by atoms with Crippen molar-refractivity contribution in [2.45, 2.75) is 58.5 Å². The summed E-state index contributed by atoms with van der Waals surface area (Å²) in [6, 6.07) is 4.95. The number of nitrogens with one attached hydrogen (secondary N) is 2. The van der Waals surface area contributed by atoms with E-state index < -0.39 is 11.6 Å². The molecule has 2 aliphatic heterocycles. The lowest BCUT2D eigenvalue weighted by molar-refractivity contribution is -0.136. The van der Waals surface area contributed by atoms with Crippen LogP contribution in [0.15, 0.2) is 18.2 Å². The monoisotopic (exact) mass is 415 g/mol. The van der Waals surface area contributed by atoms with Gasteiger partial charge in [0.2, 0.25) is 12.7 Å². The summed E-state index contributed by atoms with van der Waals surface area (Å²) in [5.74, 6) is 1.18. The number of carbonyl (C=O) groups is 3. The number of carbonyl (C=O) groups excluding carboxylic acids is 3. The molecule has 8 heteroatoms. The lowest BCUT2D eigenvalue weighted by Gasteiger charge is -2.40. The van der Waals surface area contributed by atoms with Gasteiger partial charge in [0.25, 0.3) is 5.91 Å². The van der Waals surface area contributed by atoms with Gasteiger partial charge < -0.3 is 20.1 Å². The fourth-order valence-corrected chi connectivity index (χ4v) is 4.59. The van der Waals surface area contributed by atoms with Crippen LogP contribution in [-0.4, -0.2) is 41.6 Å². The van der Waals surface area contributed by atoms with Crippen LogP contribution in [-0.2, 0) is 16.1 Å². The number of nitrogens with zero attached hydrogens (tertiary/aromatic N) is 1. The van der Waals surface area contributed by atoms with Gasteiger partial charge in [0.05, 0.1) is 0 Å². The number of hydrogen-bond donors (Lipinski definition) is 2. The molecule has 2 N–H and O–H groups in total. The van der Waals surface area contributed by atoms with Crippen LogP contribution >= 0.6 is 0 Å². The molecule has 1 saturated carbocycles. The van der Waals surface area contributed by atoms with Gasteiger partial charge in [0, 0.05) is 6.54 Å². The quantitative estimate of drug-likeness (QED) is 0.737. The fraction of sp³-hybridized carbons (Fsp3) is 0.591. The van der Waals surface area contributed by atoms with E-state index in [2.05, 4.69) is 31.4 Å². The Labute approximate surface area is 176 Å². The standard InChI is InChI=1S/C22H29N3O5/c1-21(2,3)15-6-8-22(9-7-15)19(27)25(20(28)24-22)12-18(26)23-11-14-4-5-16-17(10-14)30-13-29-16/h4-5,10,15H,6-9,11-13H2,1-3H3,(H,23,26)(H,24,28). The maximum Gasteiger partial charge on any atom is 0.325 e. The van der Waals surface area contributed by atoms with E-state index in [1.165, 1.54) is 0 Å². The van der Waals surface area contributed by atoms with E-state index >= 15 is 0 Å². The molecular weight excluding hydrogens is 386 g/mol. The molecule has 1 saturated heterocycles. The molecule has 4 amide bonds.